The summed E-state index contributed by atoms with van der Waals surface area (Å²) in [7, 11) is 0. The lowest BCUT2D eigenvalue weighted by molar-refractivity contribution is -0.0482. The first-order valence-corrected chi connectivity index (χ1v) is 12.0. The van der Waals surface area contributed by atoms with Gasteiger partial charge >= 0.3 is 5.97 Å². The van der Waals surface area contributed by atoms with Crippen LogP contribution < -0.4 is 0 Å². The quantitative estimate of drug-likeness (QED) is 0.533. The summed E-state index contributed by atoms with van der Waals surface area (Å²) in [6.07, 6.45) is 6.55. The van der Waals surface area contributed by atoms with E-state index in [-0.39, 0.29) is 6.29 Å². The molecule has 2 aliphatic rings. The molecule has 0 bridgehead atoms. The normalized spacial score (nSPS) is 18.3. The Hall–Kier alpha value is -2.67. The fourth-order valence-electron chi connectivity index (χ4n) is 5.25. The number of hydrogen-bond acceptors (Lipinski definition) is 4. The number of rotatable bonds is 8. The van der Waals surface area contributed by atoms with Crippen molar-refractivity contribution >= 4 is 16.9 Å². The Morgan fingerprint density at radius 2 is 1.82 bits per heavy atom. The molecule has 1 N–H and O–H groups in total. The van der Waals surface area contributed by atoms with E-state index in [0.29, 0.717) is 24.7 Å². The maximum atomic E-state index is 11.3. The summed E-state index contributed by atoms with van der Waals surface area (Å²) < 4.78 is 13.6. The van der Waals surface area contributed by atoms with Crippen LogP contribution in [0.25, 0.3) is 10.9 Å². The smallest absolute Gasteiger partial charge is 0.335 e. The number of nitrogens with zero attached hydrogens (tertiary/aromatic N) is 2. The van der Waals surface area contributed by atoms with Crippen molar-refractivity contribution in [2.45, 2.75) is 51.0 Å². The summed E-state index contributed by atoms with van der Waals surface area (Å²) in [5.41, 5.74) is 4.21. The summed E-state index contributed by atoms with van der Waals surface area (Å²) in [5, 5.41) is 10.6. The van der Waals surface area contributed by atoms with E-state index in [9.17, 15) is 9.90 Å². The van der Waals surface area contributed by atoms with Gasteiger partial charge in [-0.1, -0.05) is 30.3 Å². The van der Waals surface area contributed by atoms with E-state index in [4.69, 9.17) is 9.47 Å². The highest BCUT2D eigenvalue weighted by Crippen LogP contribution is 2.35. The third-order valence-electron chi connectivity index (χ3n) is 6.96. The van der Waals surface area contributed by atoms with E-state index < -0.39 is 5.97 Å². The lowest BCUT2D eigenvalue weighted by Crippen LogP contribution is -2.32. The molecule has 1 aromatic heterocycles. The van der Waals surface area contributed by atoms with E-state index >= 15 is 0 Å². The van der Waals surface area contributed by atoms with Gasteiger partial charge in [-0.15, -0.1) is 0 Å². The molecule has 0 atom stereocenters. The van der Waals surface area contributed by atoms with Crippen LogP contribution in [0, 0.1) is 0 Å². The molecule has 2 saturated heterocycles. The first-order valence-electron chi connectivity index (χ1n) is 12.0. The van der Waals surface area contributed by atoms with Crippen molar-refractivity contribution in [2.75, 3.05) is 26.3 Å². The largest absolute Gasteiger partial charge is 0.478 e. The molecule has 0 aliphatic carbocycles. The number of ether oxygens (including phenoxy) is 2. The highest BCUT2D eigenvalue weighted by Gasteiger charge is 2.24. The number of aromatic nitrogens is 1. The maximum absolute atomic E-state index is 11.3. The number of aromatic carboxylic acids is 1. The Balaban J connectivity index is 1.23. The molecule has 0 saturated carbocycles. The van der Waals surface area contributed by atoms with E-state index in [1.807, 2.05) is 12.1 Å². The van der Waals surface area contributed by atoms with Gasteiger partial charge in [-0.2, -0.15) is 0 Å². The van der Waals surface area contributed by atoms with Gasteiger partial charge in [-0.05, 0) is 67.6 Å². The number of likely N-dealkylation sites (tertiary alicyclic amines) is 1. The van der Waals surface area contributed by atoms with E-state index in [1.165, 1.54) is 16.5 Å². The number of para-hydroxylation sites is 1. The van der Waals surface area contributed by atoms with Gasteiger partial charge in [0.05, 0.1) is 18.8 Å². The van der Waals surface area contributed by atoms with Crippen LogP contribution in [0.2, 0.25) is 0 Å². The molecule has 0 radical (unpaired) electrons. The van der Waals surface area contributed by atoms with Crippen molar-refractivity contribution in [1.82, 2.24) is 9.47 Å². The van der Waals surface area contributed by atoms with Crippen molar-refractivity contribution < 1.29 is 19.4 Å². The molecule has 0 unspecified atom stereocenters. The number of fused-ring (bicyclic) bond motifs is 1. The first-order chi connectivity index (χ1) is 16.2. The fraction of sp³-hybridized carbons (Fsp3) is 0.444. The van der Waals surface area contributed by atoms with Crippen LogP contribution in [-0.2, 0) is 22.6 Å². The molecular formula is C27H32N2O4. The Morgan fingerprint density at radius 1 is 1.03 bits per heavy atom. The molecule has 33 heavy (non-hydrogen) atoms. The van der Waals surface area contributed by atoms with Gasteiger partial charge in [0.2, 0.25) is 0 Å². The van der Waals surface area contributed by atoms with Gasteiger partial charge in [-0.3, -0.25) is 4.90 Å². The summed E-state index contributed by atoms with van der Waals surface area (Å²) >= 11 is 0. The van der Waals surface area contributed by atoms with Crippen molar-refractivity contribution in [3.05, 3.63) is 71.4 Å². The lowest BCUT2D eigenvalue weighted by atomic mass is 9.89. The van der Waals surface area contributed by atoms with Gasteiger partial charge in [-0.25, -0.2) is 4.79 Å². The highest BCUT2D eigenvalue weighted by atomic mass is 16.7. The second kappa shape index (κ2) is 10.1. The summed E-state index contributed by atoms with van der Waals surface area (Å²) in [6.45, 7) is 5.26. The van der Waals surface area contributed by atoms with Crippen LogP contribution in [0.1, 0.15) is 53.1 Å². The van der Waals surface area contributed by atoms with E-state index in [0.717, 1.165) is 57.4 Å². The molecule has 3 aromatic rings. The molecule has 174 valence electrons. The summed E-state index contributed by atoms with van der Waals surface area (Å²) in [4.78, 5) is 13.7. The molecular weight excluding hydrogens is 416 g/mol. The van der Waals surface area contributed by atoms with Crippen LogP contribution in [-0.4, -0.2) is 53.1 Å². The van der Waals surface area contributed by atoms with Gasteiger partial charge < -0.3 is 19.1 Å². The second-order valence-corrected chi connectivity index (χ2v) is 9.16. The van der Waals surface area contributed by atoms with E-state index in [2.05, 4.69) is 39.9 Å². The zero-order valence-electron chi connectivity index (χ0n) is 19.0. The zero-order chi connectivity index (χ0) is 22.6. The van der Waals surface area contributed by atoms with Gasteiger partial charge in [0.15, 0.2) is 6.29 Å². The molecule has 5 rings (SSSR count). The molecule has 3 heterocycles. The zero-order valence-corrected chi connectivity index (χ0v) is 19.0. The number of carboxylic acid groups (broad SMARTS) is 1. The topological polar surface area (TPSA) is 63.9 Å². The van der Waals surface area contributed by atoms with Crippen LogP contribution >= 0.6 is 0 Å². The molecule has 6 heteroatoms. The Labute approximate surface area is 194 Å². The third-order valence-corrected chi connectivity index (χ3v) is 6.96. The monoisotopic (exact) mass is 448 g/mol. The van der Waals surface area contributed by atoms with Gasteiger partial charge in [0.1, 0.15) is 0 Å². The van der Waals surface area contributed by atoms with Crippen LogP contribution in [0.3, 0.4) is 0 Å². The molecule has 0 spiro atoms. The minimum absolute atomic E-state index is 0.0354. The average molecular weight is 449 g/mol. The predicted molar refractivity (Wildman–Crippen MR) is 128 cm³/mol. The average Bonchev–Trinajstić information content (AvgIpc) is 3.48. The number of carboxylic acids is 1. The highest BCUT2D eigenvalue weighted by molar-refractivity contribution is 5.87. The summed E-state index contributed by atoms with van der Waals surface area (Å²) in [5.74, 6) is -0.311. The molecule has 2 fully saturated rings. The summed E-state index contributed by atoms with van der Waals surface area (Å²) in [6, 6.07) is 16.1. The van der Waals surface area contributed by atoms with Crippen molar-refractivity contribution in [1.29, 1.82) is 0 Å². The number of aryl methyl sites for hydroxylation is 1. The number of hydrogen-bond donors (Lipinski definition) is 1. The Morgan fingerprint density at radius 3 is 2.61 bits per heavy atom. The minimum Gasteiger partial charge on any atom is -0.478 e. The Kier molecular flexibility index (Phi) is 6.76. The van der Waals surface area contributed by atoms with Crippen LogP contribution in [0.15, 0.2) is 54.7 Å². The van der Waals surface area contributed by atoms with Crippen LogP contribution in [0.4, 0.5) is 0 Å². The Bertz CT molecular complexity index is 1090. The third kappa shape index (κ3) is 5.13. The van der Waals surface area contributed by atoms with Gasteiger partial charge in [0, 0.05) is 36.6 Å². The second-order valence-electron chi connectivity index (χ2n) is 9.16. The minimum atomic E-state index is -0.866. The molecule has 6 nitrogen and oxygen atoms in total. The fourth-order valence-corrected chi connectivity index (χ4v) is 5.25. The SMILES string of the molecule is O=C(O)c1cccc(CN2CCC(c3cn(CCCC4OCCO4)c4ccccc34)CC2)c1. The number of piperidine rings is 1. The number of benzene rings is 2. The van der Waals surface area contributed by atoms with E-state index in [1.54, 1.807) is 12.1 Å². The van der Waals surface area contributed by atoms with Crippen molar-refractivity contribution in [2.24, 2.45) is 0 Å². The predicted octanol–water partition coefficient (Wildman–Crippen LogP) is 4.87. The molecule has 2 aromatic carbocycles. The first kappa shape index (κ1) is 22.1. The van der Waals surface area contributed by atoms with Gasteiger partial charge in [0.25, 0.3) is 0 Å². The maximum Gasteiger partial charge on any atom is 0.335 e. The lowest BCUT2D eigenvalue weighted by Gasteiger charge is -2.32. The van der Waals surface area contributed by atoms with Crippen molar-refractivity contribution in [3.8, 4) is 0 Å². The van der Waals surface area contributed by atoms with Crippen molar-refractivity contribution in [3.63, 3.8) is 0 Å². The standard InChI is InChI=1S/C27H32N2O4/c30-27(31)22-6-3-5-20(17-22)18-28-13-10-21(11-14-28)24-19-29(25-8-2-1-7-23(24)25)12-4-9-26-32-15-16-33-26/h1-3,5-8,17,19,21,26H,4,9-16,18H2,(H,30,31). The number of carbonyl (C=O) groups is 1. The van der Waals surface area contributed by atoms with Crippen LogP contribution in [0.5, 0.6) is 0 Å². The molecule has 2 aliphatic heterocycles. The molecule has 0 amide bonds.